The normalized spacial score (nSPS) is 35.5. The first-order chi connectivity index (χ1) is 14.5. The number of hydrogen-bond donors (Lipinski definition) is 2. The summed E-state index contributed by atoms with van der Waals surface area (Å²) in [7, 11) is 0. The number of aliphatic hydroxyl groups excluding tert-OH is 1. The smallest absolute Gasteiger partial charge is 0.312 e. The number of amides is 2. The predicted molar refractivity (Wildman–Crippen MR) is 107 cm³/mol. The Balaban J connectivity index is 1.60. The number of hydrogen-bond acceptors (Lipinski definition) is 6. The van der Waals surface area contributed by atoms with Crippen LogP contribution in [-0.2, 0) is 23.9 Å². The molecule has 2 amide bonds. The van der Waals surface area contributed by atoms with Crippen LogP contribution in [0.15, 0.2) is 0 Å². The maximum atomic E-state index is 13.5. The summed E-state index contributed by atoms with van der Waals surface area (Å²) in [4.78, 5) is 41.3. The number of fused-ring (bicyclic) bond motifs is 1. The van der Waals surface area contributed by atoms with Gasteiger partial charge in [-0.2, -0.15) is 0 Å². The Hall–Kier alpha value is -1.67. The maximum absolute atomic E-state index is 13.5. The van der Waals surface area contributed by atoms with Gasteiger partial charge in [0.2, 0.25) is 11.8 Å². The second-order valence-electron chi connectivity index (χ2n) is 9.11. The molecule has 0 radical (unpaired) electrons. The van der Waals surface area contributed by atoms with E-state index in [2.05, 4.69) is 5.32 Å². The molecule has 1 aliphatic carbocycles. The van der Waals surface area contributed by atoms with Crippen molar-refractivity contribution in [2.45, 2.75) is 88.5 Å². The molecule has 3 saturated heterocycles. The summed E-state index contributed by atoms with van der Waals surface area (Å²) in [5, 5.41) is 12.4. The first-order valence-corrected chi connectivity index (χ1v) is 11.6. The zero-order chi connectivity index (χ0) is 21.3. The van der Waals surface area contributed by atoms with E-state index in [0.717, 1.165) is 25.7 Å². The van der Waals surface area contributed by atoms with Crippen LogP contribution in [0.5, 0.6) is 0 Å². The quantitative estimate of drug-likeness (QED) is 0.449. The molecule has 4 aliphatic rings. The Labute approximate surface area is 177 Å². The molecule has 1 spiro atoms. The van der Waals surface area contributed by atoms with Gasteiger partial charge >= 0.3 is 5.97 Å². The molecule has 30 heavy (non-hydrogen) atoms. The zero-order valence-electron chi connectivity index (χ0n) is 17.8. The molecule has 0 unspecified atom stereocenters. The van der Waals surface area contributed by atoms with Crippen molar-refractivity contribution in [3.63, 3.8) is 0 Å². The molecule has 2 N–H and O–H groups in total. The molecule has 4 fully saturated rings. The highest BCUT2D eigenvalue weighted by Gasteiger charge is 2.74. The minimum Gasteiger partial charge on any atom is -0.466 e. The van der Waals surface area contributed by atoms with E-state index in [1.54, 1.807) is 11.8 Å². The fraction of sp³-hybridized carbons (Fsp3) is 0.864. The molecular formula is C22H34N2O6. The van der Waals surface area contributed by atoms with E-state index in [1.807, 2.05) is 0 Å². The number of ether oxygens (including phenoxy) is 2. The fourth-order valence-electron chi connectivity index (χ4n) is 6.12. The van der Waals surface area contributed by atoms with Crippen LogP contribution in [-0.4, -0.2) is 71.3 Å². The number of nitrogens with one attached hydrogen (secondary N) is 1. The maximum Gasteiger partial charge on any atom is 0.312 e. The summed E-state index contributed by atoms with van der Waals surface area (Å²) in [6, 6.07) is -0.587. The lowest BCUT2D eigenvalue weighted by Gasteiger charge is -2.35. The highest BCUT2D eigenvalue weighted by atomic mass is 16.6. The summed E-state index contributed by atoms with van der Waals surface area (Å²) in [6.45, 7) is 2.42. The minimum absolute atomic E-state index is 0.0412. The highest BCUT2D eigenvalue weighted by Crippen LogP contribution is 2.58. The first kappa shape index (κ1) is 21.6. The van der Waals surface area contributed by atoms with Gasteiger partial charge in [0.15, 0.2) is 0 Å². The summed E-state index contributed by atoms with van der Waals surface area (Å²) in [5.41, 5.74) is -0.947. The molecule has 8 nitrogen and oxygen atoms in total. The van der Waals surface area contributed by atoms with Crippen molar-refractivity contribution in [3.8, 4) is 0 Å². The van der Waals surface area contributed by atoms with Crippen molar-refractivity contribution in [3.05, 3.63) is 0 Å². The standard InChI is InChI=1S/C22H34N2O6/c1-2-29-21(28)16-15-10-11-22(30-15)17(16)20(27)24(12-6-7-13-25)18(22)19(26)23-14-8-4-3-5-9-14/h14-18,25H,2-13H2,1H3,(H,23,26)/t15-,16+,17+,18-,22+/m1/s1. The second kappa shape index (κ2) is 8.83. The SMILES string of the molecule is CCOC(=O)[C@@H]1[C@H]2C(=O)N(CCCCO)[C@H](C(=O)NC3CCCCC3)[C@]23CC[C@H]1O3. The molecule has 8 heteroatoms. The number of nitrogens with zero attached hydrogens (tertiary/aromatic N) is 1. The van der Waals surface area contributed by atoms with E-state index >= 15 is 0 Å². The van der Waals surface area contributed by atoms with Gasteiger partial charge in [-0.1, -0.05) is 19.3 Å². The Morgan fingerprint density at radius 1 is 1.23 bits per heavy atom. The monoisotopic (exact) mass is 422 g/mol. The molecule has 2 bridgehead atoms. The Bertz CT molecular complexity index is 679. The number of unbranched alkanes of at least 4 members (excludes halogenated alkanes) is 1. The Kier molecular flexibility index (Phi) is 6.34. The molecule has 1 saturated carbocycles. The molecule has 168 valence electrons. The van der Waals surface area contributed by atoms with Gasteiger partial charge in [-0.05, 0) is 45.4 Å². The van der Waals surface area contributed by atoms with E-state index in [9.17, 15) is 14.4 Å². The largest absolute Gasteiger partial charge is 0.466 e. The van der Waals surface area contributed by atoms with E-state index in [1.165, 1.54) is 6.42 Å². The first-order valence-electron chi connectivity index (χ1n) is 11.6. The van der Waals surface area contributed by atoms with Crippen LogP contribution in [0.2, 0.25) is 0 Å². The molecule has 0 aromatic heterocycles. The topological polar surface area (TPSA) is 105 Å². The summed E-state index contributed by atoms with van der Waals surface area (Å²) >= 11 is 0. The molecule has 3 heterocycles. The number of carbonyl (C=O) groups excluding carboxylic acids is 3. The van der Waals surface area contributed by atoms with Gasteiger partial charge in [0, 0.05) is 19.2 Å². The van der Waals surface area contributed by atoms with Gasteiger partial charge < -0.3 is 24.8 Å². The Morgan fingerprint density at radius 3 is 2.70 bits per heavy atom. The fourth-order valence-corrected chi connectivity index (χ4v) is 6.12. The number of carbonyl (C=O) groups is 3. The third-order valence-corrected chi connectivity index (χ3v) is 7.37. The molecule has 4 rings (SSSR count). The van der Waals surface area contributed by atoms with Crippen LogP contribution in [0.25, 0.3) is 0 Å². The second-order valence-corrected chi connectivity index (χ2v) is 9.11. The van der Waals surface area contributed by atoms with Crippen LogP contribution in [0.3, 0.4) is 0 Å². The highest BCUT2D eigenvalue weighted by molar-refractivity contribution is 5.98. The van der Waals surface area contributed by atoms with E-state index in [0.29, 0.717) is 32.2 Å². The van der Waals surface area contributed by atoms with Crippen LogP contribution >= 0.6 is 0 Å². The third-order valence-electron chi connectivity index (χ3n) is 7.37. The number of aliphatic hydroxyl groups is 1. The van der Waals surface area contributed by atoms with Gasteiger partial charge in [0.25, 0.3) is 0 Å². The van der Waals surface area contributed by atoms with Crippen molar-refractivity contribution < 1.29 is 29.0 Å². The van der Waals surface area contributed by atoms with Gasteiger partial charge in [0.1, 0.15) is 11.6 Å². The van der Waals surface area contributed by atoms with Gasteiger partial charge in [-0.3, -0.25) is 14.4 Å². The van der Waals surface area contributed by atoms with Crippen molar-refractivity contribution in [2.75, 3.05) is 19.8 Å². The van der Waals surface area contributed by atoms with Crippen molar-refractivity contribution in [2.24, 2.45) is 11.8 Å². The number of rotatable bonds is 8. The van der Waals surface area contributed by atoms with Crippen LogP contribution in [0.1, 0.15) is 64.7 Å². The van der Waals surface area contributed by atoms with Gasteiger partial charge in [-0.15, -0.1) is 0 Å². The number of likely N-dealkylation sites (tertiary alicyclic amines) is 1. The number of esters is 1. The van der Waals surface area contributed by atoms with Gasteiger partial charge in [-0.25, -0.2) is 0 Å². The Morgan fingerprint density at radius 2 is 2.00 bits per heavy atom. The molecule has 0 aromatic rings. The summed E-state index contributed by atoms with van der Waals surface area (Å²) in [6.07, 6.45) is 7.38. The van der Waals surface area contributed by atoms with Gasteiger partial charge in [0.05, 0.1) is 24.5 Å². The summed E-state index contributed by atoms with van der Waals surface area (Å²) < 4.78 is 11.6. The lowest BCUT2D eigenvalue weighted by molar-refractivity contribution is -0.154. The molecule has 3 aliphatic heterocycles. The lowest BCUT2D eigenvalue weighted by Crippen LogP contribution is -2.57. The van der Waals surface area contributed by atoms with E-state index in [4.69, 9.17) is 14.6 Å². The summed E-state index contributed by atoms with van der Waals surface area (Å²) in [5.74, 6) is -2.04. The van der Waals surface area contributed by atoms with Crippen LogP contribution in [0, 0.1) is 11.8 Å². The lowest BCUT2D eigenvalue weighted by atomic mass is 9.70. The molecular weight excluding hydrogens is 388 g/mol. The van der Waals surface area contributed by atoms with E-state index < -0.39 is 29.4 Å². The minimum atomic E-state index is -0.947. The molecule has 5 atom stereocenters. The van der Waals surface area contributed by atoms with Crippen molar-refractivity contribution in [1.82, 2.24) is 10.2 Å². The van der Waals surface area contributed by atoms with Crippen molar-refractivity contribution in [1.29, 1.82) is 0 Å². The van der Waals surface area contributed by atoms with Crippen LogP contribution < -0.4 is 5.32 Å². The zero-order valence-corrected chi connectivity index (χ0v) is 17.8. The average Bonchev–Trinajstić information content (AvgIpc) is 3.37. The molecule has 0 aromatic carbocycles. The van der Waals surface area contributed by atoms with E-state index in [-0.39, 0.29) is 37.2 Å². The predicted octanol–water partition coefficient (Wildman–Crippen LogP) is 1.15. The third kappa shape index (κ3) is 3.51. The van der Waals surface area contributed by atoms with Crippen LogP contribution in [0.4, 0.5) is 0 Å². The van der Waals surface area contributed by atoms with Crippen molar-refractivity contribution >= 4 is 17.8 Å². The average molecular weight is 423 g/mol.